The lowest BCUT2D eigenvalue weighted by Gasteiger charge is -2.26. The maximum absolute atomic E-state index is 12.9. The van der Waals surface area contributed by atoms with E-state index < -0.39 is 0 Å². The van der Waals surface area contributed by atoms with Crippen LogP contribution < -0.4 is 15.4 Å². The van der Waals surface area contributed by atoms with E-state index in [1.165, 1.54) is 0 Å². The third-order valence-electron chi connectivity index (χ3n) is 5.05. The molecule has 3 rings (SSSR count). The standard InChI is InChI=1S/C24H29N3O4/c1-18-3-7-20(8-4-18)23(28)26-22(17-19-5-9-21(30-2)10-6-19)24(29)25-11-12-27-13-15-31-16-14-27/h3-10,17H,11-16H2,1-2H3,(H,25,29)(H,26,28)/b22-17+. The van der Waals surface area contributed by atoms with Gasteiger partial charge in [0.2, 0.25) is 0 Å². The summed E-state index contributed by atoms with van der Waals surface area (Å²) >= 11 is 0. The molecule has 2 aromatic rings. The normalized spacial score (nSPS) is 14.7. The van der Waals surface area contributed by atoms with Gasteiger partial charge in [0, 0.05) is 31.7 Å². The Bertz CT molecular complexity index is 901. The van der Waals surface area contributed by atoms with E-state index in [0.29, 0.717) is 25.3 Å². The van der Waals surface area contributed by atoms with Crippen molar-refractivity contribution in [2.45, 2.75) is 6.92 Å². The second-order valence-corrected chi connectivity index (χ2v) is 7.36. The summed E-state index contributed by atoms with van der Waals surface area (Å²) in [7, 11) is 1.60. The molecule has 1 aliphatic rings. The van der Waals surface area contributed by atoms with Gasteiger partial charge in [-0.05, 0) is 42.8 Å². The van der Waals surface area contributed by atoms with Gasteiger partial charge in [-0.15, -0.1) is 0 Å². The van der Waals surface area contributed by atoms with Crippen LogP contribution in [0.2, 0.25) is 0 Å². The third-order valence-corrected chi connectivity index (χ3v) is 5.05. The molecule has 0 bridgehead atoms. The number of rotatable bonds is 8. The molecule has 0 aromatic heterocycles. The van der Waals surface area contributed by atoms with Gasteiger partial charge >= 0.3 is 0 Å². The minimum atomic E-state index is -0.330. The van der Waals surface area contributed by atoms with Crippen LogP contribution in [0.3, 0.4) is 0 Å². The first-order valence-corrected chi connectivity index (χ1v) is 10.4. The average molecular weight is 424 g/mol. The predicted molar refractivity (Wildman–Crippen MR) is 120 cm³/mol. The molecule has 2 N–H and O–H groups in total. The number of amides is 2. The van der Waals surface area contributed by atoms with Crippen LogP contribution in [0.1, 0.15) is 21.5 Å². The van der Waals surface area contributed by atoms with Crippen molar-refractivity contribution in [1.82, 2.24) is 15.5 Å². The van der Waals surface area contributed by atoms with Gasteiger partial charge in [-0.25, -0.2) is 0 Å². The number of nitrogens with zero attached hydrogens (tertiary/aromatic N) is 1. The summed E-state index contributed by atoms with van der Waals surface area (Å²) in [6.45, 7) is 6.31. The van der Waals surface area contributed by atoms with Crippen molar-refractivity contribution >= 4 is 17.9 Å². The van der Waals surface area contributed by atoms with E-state index in [-0.39, 0.29) is 17.5 Å². The molecule has 0 unspecified atom stereocenters. The summed E-state index contributed by atoms with van der Waals surface area (Å²) in [5.41, 5.74) is 2.53. The van der Waals surface area contributed by atoms with Crippen LogP contribution in [0, 0.1) is 6.92 Å². The quantitative estimate of drug-likeness (QED) is 0.637. The number of methoxy groups -OCH3 is 1. The average Bonchev–Trinajstić information content (AvgIpc) is 2.80. The van der Waals surface area contributed by atoms with Gasteiger partial charge in [0.15, 0.2) is 0 Å². The maximum Gasteiger partial charge on any atom is 0.267 e. The van der Waals surface area contributed by atoms with E-state index >= 15 is 0 Å². The number of carbonyl (C=O) groups is 2. The minimum Gasteiger partial charge on any atom is -0.497 e. The number of benzene rings is 2. The molecule has 0 spiro atoms. The van der Waals surface area contributed by atoms with Gasteiger partial charge in [-0.3, -0.25) is 14.5 Å². The largest absolute Gasteiger partial charge is 0.497 e. The van der Waals surface area contributed by atoms with Crippen LogP contribution in [-0.2, 0) is 9.53 Å². The lowest BCUT2D eigenvalue weighted by molar-refractivity contribution is -0.117. The molecule has 2 amide bonds. The highest BCUT2D eigenvalue weighted by molar-refractivity contribution is 6.05. The van der Waals surface area contributed by atoms with Crippen molar-refractivity contribution in [3.8, 4) is 5.75 Å². The van der Waals surface area contributed by atoms with Crippen LogP contribution in [-0.4, -0.2) is 63.2 Å². The van der Waals surface area contributed by atoms with Crippen LogP contribution in [0.25, 0.3) is 6.08 Å². The van der Waals surface area contributed by atoms with Gasteiger partial charge in [-0.2, -0.15) is 0 Å². The molecule has 1 fully saturated rings. The number of hydrogen-bond acceptors (Lipinski definition) is 5. The van der Waals surface area contributed by atoms with Crippen LogP contribution in [0.5, 0.6) is 5.75 Å². The van der Waals surface area contributed by atoms with E-state index in [1.807, 2.05) is 43.3 Å². The van der Waals surface area contributed by atoms with Crippen molar-refractivity contribution < 1.29 is 19.1 Å². The molecule has 7 heteroatoms. The summed E-state index contributed by atoms with van der Waals surface area (Å²) in [6, 6.07) is 14.5. The zero-order valence-electron chi connectivity index (χ0n) is 18.0. The Morgan fingerprint density at radius 2 is 1.74 bits per heavy atom. The topological polar surface area (TPSA) is 79.9 Å². The van der Waals surface area contributed by atoms with Gasteiger partial charge < -0.3 is 20.1 Å². The van der Waals surface area contributed by atoms with Gasteiger partial charge in [0.05, 0.1) is 20.3 Å². The summed E-state index contributed by atoms with van der Waals surface area (Å²) in [5, 5.41) is 5.67. The van der Waals surface area contributed by atoms with Crippen molar-refractivity contribution in [3.63, 3.8) is 0 Å². The second kappa shape index (κ2) is 11.3. The fourth-order valence-electron chi connectivity index (χ4n) is 3.17. The summed E-state index contributed by atoms with van der Waals surface area (Å²) in [4.78, 5) is 27.8. The number of carbonyl (C=O) groups excluding carboxylic acids is 2. The molecule has 1 heterocycles. The fraction of sp³-hybridized carbons (Fsp3) is 0.333. The number of nitrogens with one attached hydrogen (secondary N) is 2. The Morgan fingerprint density at radius 3 is 2.39 bits per heavy atom. The Kier molecular flexibility index (Phi) is 8.20. The highest BCUT2D eigenvalue weighted by atomic mass is 16.5. The molecule has 0 aliphatic carbocycles. The second-order valence-electron chi connectivity index (χ2n) is 7.36. The Hall–Kier alpha value is -3.16. The predicted octanol–water partition coefficient (Wildman–Crippen LogP) is 2.22. The maximum atomic E-state index is 12.9. The Balaban J connectivity index is 1.70. The van der Waals surface area contributed by atoms with Gasteiger partial charge in [0.25, 0.3) is 11.8 Å². The van der Waals surface area contributed by atoms with Crippen LogP contribution in [0.15, 0.2) is 54.2 Å². The molecule has 31 heavy (non-hydrogen) atoms. The molecular formula is C24H29N3O4. The number of morpholine rings is 1. The zero-order chi connectivity index (χ0) is 22.1. The van der Waals surface area contributed by atoms with Crippen molar-refractivity contribution in [1.29, 1.82) is 0 Å². The lowest BCUT2D eigenvalue weighted by atomic mass is 10.1. The van der Waals surface area contributed by atoms with Crippen molar-refractivity contribution in [2.75, 3.05) is 46.5 Å². The SMILES string of the molecule is COc1ccc(/C=C(/NC(=O)c2ccc(C)cc2)C(=O)NCCN2CCOCC2)cc1. The van der Waals surface area contributed by atoms with Gasteiger partial charge in [0.1, 0.15) is 11.4 Å². The molecule has 164 valence electrons. The van der Waals surface area contributed by atoms with Crippen molar-refractivity contribution in [3.05, 3.63) is 70.9 Å². The third kappa shape index (κ3) is 6.94. The first-order chi connectivity index (χ1) is 15.0. The molecule has 1 aliphatic heterocycles. The lowest BCUT2D eigenvalue weighted by Crippen LogP contribution is -2.42. The van der Waals surface area contributed by atoms with Gasteiger partial charge in [-0.1, -0.05) is 29.8 Å². The highest BCUT2D eigenvalue weighted by Gasteiger charge is 2.16. The summed E-state index contributed by atoms with van der Waals surface area (Å²) in [6.07, 6.45) is 1.66. The summed E-state index contributed by atoms with van der Waals surface area (Å²) in [5.74, 6) is 0.0602. The van der Waals surface area contributed by atoms with Crippen LogP contribution >= 0.6 is 0 Å². The Labute approximate surface area is 183 Å². The number of hydrogen-bond donors (Lipinski definition) is 2. The smallest absolute Gasteiger partial charge is 0.267 e. The summed E-state index contributed by atoms with van der Waals surface area (Å²) < 4.78 is 10.5. The molecule has 0 atom stereocenters. The molecule has 0 saturated carbocycles. The first-order valence-electron chi connectivity index (χ1n) is 10.4. The highest BCUT2D eigenvalue weighted by Crippen LogP contribution is 2.14. The van der Waals surface area contributed by atoms with E-state index in [1.54, 1.807) is 25.3 Å². The number of aryl methyl sites for hydroxylation is 1. The molecular weight excluding hydrogens is 394 g/mol. The van der Waals surface area contributed by atoms with Crippen molar-refractivity contribution in [2.24, 2.45) is 0 Å². The van der Waals surface area contributed by atoms with E-state index in [9.17, 15) is 9.59 Å². The fourth-order valence-corrected chi connectivity index (χ4v) is 3.17. The van der Waals surface area contributed by atoms with E-state index in [2.05, 4.69) is 15.5 Å². The molecule has 7 nitrogen and oxygen atoms in total. The molecule has 1 saturated heterocycles. The Morgan fingerprint density at radius 1 is 1.06 bits per heavy atom. The zero-order valence-corrected chi connectivity index (χ0v) is 18.0. The molecule has 2 aromatic carbocycles. The monoisotopic (exact) mass is 423 g/mol. The minimum absolute atomic E-state index is 0.192. The van der Waals surface area contributed by atoms with Crippen LogP contribution in [0.4, 0.5) is 0 Å². The first kappa shape index (κ1) is 22.5. The molecule has 0 radical (unpaired) electrons. The van der Waals surface area contributed by atoms with E-state index in [4.69, 9.17) is 9.47 Å². The number of ether oxygens (including phenoxy) is 2. The van der Waals surface area contributed by atoms with E-state index in [0.717, 1.165) is 36.5 Å².